The van der Waals surface area contributed by atoms with Crippen LogP contribution in [0.25, 0.3) is 0 Å². The molecule has 0 bridgehead atoms. The Bertz CT molecular complexity index is 378. The maximum Gasteiger partial charge on any atom is 0.234 e. The predicted octanol–water partition coefficient (Wildman–Crippen LogP) is 2.71. The van der Waals surface area contributed by atoms with Crippen molar-refractivity contribution in [3.05, 3.63) is 28.7 Å². The first-order valence-electron chi connectivity index (χ1n) is 4.70. The zero-order valence-electron chi connectivity index (χ0n) is 8.83. The van der Waals surface area contributed by atoms with Gasteiger partial charge in [-0.1, -0.05) is 15.9 Å². The molecule has 0 aliphatic rings. The second-order valence-electron chi connectivity index (χ2n) is 3.25. The summed E-state index contributed by atoms with van der Waals surface area (Å²) in [4.78, 5) is 22.1. The molecule has 0 saturated carbocycles. The fourth-order valence-corrected chi connectivity index (χ4v) is 1.93. The van der Waals surface area contributed by atoms with E-state index >= 15 is 0 Å². The van der Waals surface area contributed by atoms with Crippen molar-refractivity contribution in [1.82, 2.24) is 0 Å². The van der Waals surface area contributed by atoms with E-state index in [1.54, 1.807) is 0 Å². The minimum atomic E-state index is -0.0893. The minimum absolute atomic E-state index is 0.0847. The first-order valence-corrected chi connectivity index (χ1v) is 6.65. The van der Waals surface area contributed by atoms with Crippen LogP contribution in [0, 0.1) is 0 Å². The van der Waals surface area contributed by atoms with E-state index in [0.29, 0.717) is 11.5 Å². The van der Waals surface area contributed by atoms with Crippen LogP contribution < -0.4 is 5.32 Å². The van der Waals surface area contributed by atoms with Gasteiger partial charge in [0.15, 0.2) is 0 Å². The molecule has 0 atom stereocenters. The molecule has 0 spiro atoms. The molecule has 1 amide bonds. The van der Waals surface area contributed by atoms with E-state index in [-0.39, 0.29) is 11.7 Å². The molecule has 0 radical (unpaired) electrons. The summed E-state index contributed by atoms with van der Waals surface area (Å²) in [6.07, 6.45) is 0. The van der Waals surface area contributed by atoms with Crippen LogP contribution in [0.4, 0.5) is 5.69 Å². The summed E-state index contributed by atoms with van der Waals surface area (Å²) in [6, 6.07) is 7.35. The molecule has 0 aliphatic carbocycles. The van der Waals surface area contributed by atoms with Crippen molar-refractivity contribution in [3.63, 3.8) is 0 Å². The van der Waals surface area contributed by atoms with E-state index in [1.807, 2.05) is 24.3 Å². The number of Topliss-reactive ketones (excluding diaryl/α,β-unsaturated/α-hetero) is 1. The number of halogens is 1. The van der Waals surface area contributed by atoms with Gasteiger partial charge in [-0.3, -0.25) is 9.59 Å². The van der Waals surface area contributed by atoms with Gasteiger partial charge in [-0.25, -0.2) is 0 Å². The SMILES string of the molecule is CC(=O)CSCC(=O)Nc1ccc(Br)cc1. The van der Waals surface area contributed by atoms with E-state index in [0.717, 1.165) is 10.2 Å². The van der Waals surface area contributed by atoms with Gasteiger partial charge in [0.25, 0.3) is 0 Å². The highest BCUT2D eigenvalue weighted by atomic mass is 79.9. The second-order valence-corrected chi connectivity index (χ2v) is 5.15. The van der Waals surface area contributed by atoms with E-state index in [1.165, 1.54) is 18.7 Å². The molecule has 0 aromatic heterocycles. The maximum atomic E-state index is 11.4. The zero-order valence-corrected chi connectivity index (χ0v) is 11.2. The third-order valence-corrected chi connectivity index (χ3v) is 3.27. The fourth-order valence-electron chi connectivity index (χ4n) is 1.02. The van der Waals surface area contributed by atoms with Gasteiger partial charge in [-0.2, -0.15) is 0 Å². The van der Waals surface area contributed by atoms with Crippen LogP contribution in [0.1, 0.15) is 6.92 Å². The molecule has 0 aliphatic heterocycles. The number of hydrogen-bond acceptors (Lipinski definition) is 3. The lowest BCUT2D eigenvalue weighted by atomic mass is 10.3. The number of carbonyl (C=O) groups excluding carboxylic acids is 2. The molecule has 0 unspecified atom stereocenters. The number of carbonyl (C=O) groups is 2. The fraction of sp³-hybridized carbons (Fsp3) is 0.273. The lowest BCUT2D eigenvalue weighted by molar-refractivity contribution is -0.114. The molecule has 86 valence electrons. The summed E-state index contributed by atoms with van der Waals surface area (Å²) >= 11 is 4.64. The van der Waals surface area contributed by atoms with Crippen molar-refractivity contribution in [1.29, 1.82) is 0 Å². The summed E-state index contributed by atoms with van der Waals surface area (Å²) in [5.74, 6) is 0.679. The number of thioether (sulfide) groups is 1. The Morgan fingerprint density at radius 3 is 2.44 bits per heavy atom. The second kappa shape index (κ2) is 6.70. The summed E-state index contributed by atoms with van der Waals surface area (Å²) in [7, 11) is 0. The molecule has 5 heteroatoms. The Hall–Kier alpha value is -0.810. The average Bonchev–Trinajstić information content (AvgIpc) is 2.21. The van der Waals surface area contributed by atoms with Crippen molar-refractivity contribution in [2.75, 3.05) is 16.8 Å². The normalized spacial score (nSPS) is 9.88. The highest BCUT2D eigenvalue weighted by molar-refractivity contribution is 9.10. The van der Waals surface area contributed by atoms with Crippen molar-refractivity contribution in [3.8, 4) is 0 Å². The van der Waals surface area contributed by atoms with Gasteiger partial charge in [-0.15, -0.1) is 11.8 Å². The van der Waals surface area contributed by atoms with E-state index < -0.39 is 0 Å². The molecular weight excluding hydrogens is 290 g/mol. The Labute approximate surface area is 107 Å². The quantitative estimate of drug-likeness (QED) is 0.909. The standard InChI is InChI=1S/C11H12BrNO2S/c1-8(14)6-16-7-11(15)13-10-4-2-9(12)3-5-10/h2-5H,6-7H2,1H3,(H,13,15). The predicted molar refractivity (Wildman–Crippen MR) is 70.8 cm³/mol. The topological polar surface area (TPSA) is 46.2 Å². The number of hydrogen-bond donors (Lipinski definition) is 1. The molecule has 0 heterocycles. The Kier molecular flexibility index (Phi) is 5.55. The Balaban J connectivity index is 2.34. The van der Waals surface area contributed by atoms with Crippen molar-refractivity contribution >= 4 is 45.1 Å². The van der Waals surface area contributed by atoms with Gasteiger partial charge in [0.2, 0.25) is 5.91 Å². The van der Waals surface area contributed by atoms with Gasteiger partial charge in [0.05, 0.1) is 11.5 Å². The maximum absolute atomic E-state index is 11.4. The molecule has 1 N–H and O–H groups in total. The lowest BCUT2D eigenvalue weighted by Gasteiger charge is -2.04. The summed E-state index contributed by atoms with van der Waals surface area (Å²) in [5, 5.41) is 2.75. The van der Waals surface area contributed by atoms with Crippen LogP contribution in [0.15, 0.2) is 28.7 Å². The molecule has 1 rings (SSSR count). The van der Waals surface area contributed by atoms with E-state index in [9.17, 15) is 9.59 Å². The molecule has 0 fully saturated rings. The van der Waals surface area contributed by atoms with E-state index in [2.05, 4.69) is 21.2 Å². The molecule has 0 saturated heterocycles. The number of amides is 1. The number of ketones is 1. The average molecular weight is 302 g/mol. The van der Waals surface area contributed by atoms with Crippen LogP contribution in [0.3, 0.4) is 0 Å². The van der Waals surface area contributed by atoms with E-state index in [4.69, 9.17) is 0 Å². The summed E-state index contributed by atoms with van der Waals surface area (Å²) < 4.78 is 0.969. The smallest absolute Gasteiger partial charge is 0.234 e. The first-order chi connectivity index (χ1) is 7.58. The van der Waals surface area contributed by atoms with Gasteiger partial charge in [-0.05, 0) is 31.2 Å². The third-order valence-electron chi connectivity index (χ3n) is 1.67. The highest BCUT2D eigenvalue weighted by Crippen LogP contribution is 2.14. The van der Waals surface area contributed by atoms with Crippen LogP contribution in [0.5, 0.6) is 0 Å². The van der Waals surface area contributed by atoms with Gasteiger partial charge in [0.1, 0.15) is 5.78 Å². The first kappa shape index (κ1) is 13.3. The minimum Gasteiger partial charge on any atom is -0.325 e. The molecule has 3 nitrogen and oxygen atoms in total. The zero-order chi connectivity index (χ0) is 12.0. The number of anilines is 1. The molecular formula is C11H12BrNO2S. The summed E-state index contributed by atoms with van der Waals surface area (Å²) in [6.45, 7) is 1.51. The van der Waals surface area contributed by atoms with Crippen LogP contribution in [-0.2, 0) is 9.59 Å². The summed E-state index contributed by atoms with van der Waals surface area (Å²) in [5.41, 5.74) is 0.761. The highest BCUT2D eigenvalue weighted by Gasteiger charge is 2.03. The van der Waals surface area contributed by atoms with Crippen LogP contribution in [-0.4, -0.2) is 23.2 Å². The van der Waals surface area contributed by atoms with Crippen molar-refractivity contribution in [2.45, 2.75) is 6.92 Å². The third kappa shape index (κ3) is 5.32. The van der Waals surface area contributed by atoms with Crippen LogP contribution >= 0.6 is 27.7 Å². The number of benzene rings is 1. The lowest BCUT2D eigenvalue weighted by Crippen LogP contribution is -2.14. The molecule has 1 aromatic rings. The van der Waals surface area contributed by atoms with Crippen molar-refractivity contribution in [2.24, 2.45) is 0 Å². The Morgan fingerprint density at radius 1 is 1.25 bits per heavy atom. The van der Waals surface area contributed by atoms with Gasteiger partial charge in [0, 0.05) is 10.2 Å². The van der Waals surface area contributed by atoms with Crippen molar-refractivity contribution < 1.29 is 9.59 Å². The largest absolute Gasteiger partial charge is 0.325 e. The molecule has 1 aromatic carbocycles. The number of nitrogens with one attached hydrogen (secondary N) is 1. The molecule has 16 heavy (non-hydrogen) atoms. The number of rotatable bonds is 5. The van der Waals surface area contributed by atoms with Gasteiger partial charge >= 0.3 is 0 Å². The van der Waals surface area contributed by atoms with Crippen LogP contribution in [0.2, 0.25) is 0 Å². The monoisotopic (exact) mass is 301 g/mol. The van der Waals surface area contributed by atoms with Gasteiger partial charge < -0.3 is 5.32 Å². The Morgan fingerprint density at radius 2 is 1.88 bits per heavy atom.